The summed E-state index contributed by atoms with van der Waals surface area (Å²) in [7, 11) is 1.75. The van der Waals surface area contributed by atoms with E-state index in [1.54, 1.807) is 24.3 Å². The van der Waals surface area contributed by atoms with Crippen LogP contribution in [-0.2, 0) is 15.5 Å². The molecule has 3 nitrogen and oxygen atoms in total. The zero-order valence-corrected chi connectivity index (χ0v) is 17.1. The molecule has 144 valence electrons. The molecule has 2 rings (SSSR count). The number of halogens is 1. The van der Waals surface area contributed by atoms with Crippen LogP contribution in [0.15, 0.2) is 35.2 Å². The summed E-state index contributed by atoms with van der Waals surface area (Å²) in [5, 5.41) is 11.5. The molecule has 26 heavy (non-hydrogen) atoms. The van der Waals surface area contributed by atoms with E-state index in [4.69, 9.17) is 10.7 Å². The van der Waals surface area contributed by atoms with Crippen LogP contribution in [0, 0.1) is 0 Å². The Labute approximate surface area is 161 Å². The molecule has 2 aromatic rings. The minimum Gasteiger partial charge on any atom is -0.507 e. The Hall–Kier alpha value is -1.26. The largest absolute Gasteiger partial charge is 0.507 e. The lowest BCUT2D eigenvalue weighted by molar-refractivity contribution is 0.471. The van der Waals surface area contributed by atoms with Gasteiger partial charge in [0.1, 0.15) is 5.75 Å². The van der Waals surface area contributed by atoms with Crippen molar-refractivity contribution in [1.82, 2.24) is 0 Å². The second-order valence-electron chi connectivity index (χ2n) is 6.94. The second-order valence-corrected chi connectivity index (χ2v) is 9.48. The van der Waals surface area contributed by atoms with Crippen molar-refractivity contribution in [1.29, 1.82) is 0 Å². The molecule has 1 N–H and O–H groups in total. The van der Waals surface area contributed by atoms with Crippen LogP contribution in [0.25, 0.3) is 10.8 Å². The van der Waals surface area contributed by atoms with Gasteiger partial charge in [-0.3, -0.25) is 0 Å². The van der Waals surface area contributed by atoms with Crippen molar-refractivity contribution in [2.45, 2.75) is 76.0 Å². The van der Waals surface area contributed by atoms with Gasteiger partial charge in [-0.15, -0.1) is 0 Å². The van der Waals surface area contributed by atoms with Crippen molar-refractivity contribution < 1.29 is 13.5 Å². The topological polar surface area (TPSA) is 54.4 Å². The Morgan fingerprint density at radius 1 is 0.885 bits per heavy atom. The van der Waals surface area contributed by atoms with Crippen molar-refractivity contribution in [3.05, 3.63) is 35.9 Å². The lowest BCUT2D eigenvalue weighted by atomic mass is 10.00. The molecule has 0 aliphatic carbocycles. The SMILES string of the molecule is CCCCCCCCCCCc1cc(S(=O)(=O)Cl)c2ccccc2c1O. The van der Waals surface area contributed by atoms with Crippen molar-refractivity contribution in [2.24, 2.45) is 0 Å². The Kier molecular flexibility index (Phi) is 8.23. The van der Waals surface area contributed by atoms with Crippen LogP contribution in [0.3, 0.4) is 0 Å². The van der Waals surface area contributed by atoms with Crippen LogP contribution in [0.1, 0.15) is 70.3 Å². The normalized spacial score (nSPS) is 11.9. The number of fused-ring (bicyclic) bond motifs is 1. The van der Waals surface area contributed by atoms with Crippen LogP contribution in [0.4, 0.5) is 0 Å². The summed E-state index contributed by atoms with van der Waals surface area (Å²) < 4.78 is 23.8. The zero-order chi connectivity index (χ0) is 19.0. The number of phenolic OH excluding ortho intramolecular Hbond substituents is 1. The maximum atomic E-state index is 11.9. The zero-order valence-electron chi connectivity index (χ0n) is 15.5. The Morgan fingerprint density at radius 3 is 2.00 bits per heavy atom. The predicted octanol–water partition coefficient (Wildman–Crippen LogP) is 6.55. The molecule has 0 bridgehead atoms. The number of aryl methyl sites for hydroxylation is 1. The molecule has 0 fully saturated rings. The first-order valence-corrected chi connectivity index (χ1v) is 11.9. The molecule has 0 heterocycles. The van der Waals surface area contributed by atoms with Crippen LogP contribution >= 0.6 is 10.7 Å². The number of aromatic hydroxyl groups is 1. The lowest BCUT2D eigenvalue weighted by Gasteiger charge is -2.11. The predicted molar refractivity (Wildman–Crippen MR) is 110 cm³/mol. The average molecular weight is 397 g/mol. The van der Waals surface area contributed by atoms with Crippen molar-refractivity contribution in [3.8, 4) is 5.75 Å². The standard InChI is InChI=1S/C21H29ClO3S/c1-2-3-4-5-6-7-8-9-10-13-17-16-20(26(22,24)25)18-14-11-12-15-19(18)21(17)23/h11-12,14-16,23H,2-10,13H2,1H3. The van der Waals surface area contributed by atoms with Crippen LogP contribution in [-0.4, -0.2) is 13.5 Å². The number of rotatable bonds is 11. The van der Waals surface area contributed by atoms with E-state index in [2.05, 4.69) is 6.92 Å². The quantitative estimate of drug-likeness (QED) is 0.346. The number of unbranched alkanes of at least 4 members (excludes halogenated alkanes) is 8. The van der Waals surface area contributed by atoms with Gasteiger partial charge in [-0.2, -0.15) is 0 Å². The molecule has 0 radical (unpaired) electrons. The summed E-state index contributed by atoms with van der Waals surface area (Å²) in [6, 6.07) is 8.47. The van der Waals surface area contributed by atoms with Gasteiger partial charge in [0.15, 0.2) is 0 Å². The summed E-state index contributed by atoms with van der Waals surface area (Å²) >= 11 is 0. The van der Waals surface area contributed by atoms with E-state index in [1.165, 1.54) is 51.0 Å². The van der Waals surface area contributed by atoms with Crippen molar-refractivity contribution in [3.63, 3.8) is 0 Å². The van der Waals surface area contributed by atoms with Gasteiger partial charge in [-0.25, -0.2) is 8.42 Å². The van der Waals surface area contributed by atoms with Gasteiger partial charge in [0.2, 0.25) is 0 Å². The van der Waals surface area contributed by atoms with E-state index in [1.807, 2.05) is 0 Å². The maximum Gasteiger partial charge on any atom is 0.261 e. The minimum atomic E-state index is -3.86. The van der Waals surface area contributed by atoms with E-state index < -0.39 is 9.05 Å². The molecule has 0 aliphatic heterocycles. The lowest BCUT2D eigenvalue weighted by Crippen LogP contribution is -1.97. The molecule has 0 spiro atoms. The third kappa shape index (κ3) is 5.88. The molecule has 0 unspecified atom stereocenters. The summed E-state index contributed by atoms with van der Waals surface area (Å²) in [6.07, 6.45) is 11.6. The summed E-state index contributed by atoms with van der Waals surface area (Å²) in [6.45, 7) is 2.23. The van der Waals surface area contributed by atoms with Crippen LogP contribution in [0.2, 0.25) is 0 Å². The van der Waals surface area contributed by atoms with E-state index in [0.717, 1.165) is 12.8 Å². The Bertz CT molecular complexity index is 815. The molecule has 0 aromatic heterocycles. The second kappa shape index (κ2) is 10.2. The van der Waals surface area contributed by atoms with Gasteiger partial charge >= 0.3 is 0 Å². The van der Waals surface area contributed by atoms with Crippen LogP contribution < -0.4 is 0 Å². The summed E-state index contributed by atoms with van der Waals surface area (Å²) in [5.74, 6) is 0.171. The highest BCUT2D eigenvalue weighted by Gasteiger charge is 2.19. The number of hydrogen-bond acceptors (Lipinski definition) is 3. The molecule has 0 saturated carbocycles. The first-order valence-electron chi connectivity index (χ1n) is 9.63. The molecule has 2 aromatic carbocycles. The highest BCUT2D eigenvalue weighted by Crippen LogP contribution is 2.36. The number of benzene rings is 2. The Balaban J connectivity index is 1.96. The molecule has 0 saturated heterocycles. The van der Waals surface area contributed by atoms with Crippen molar-refractivity contribution in [2.75, 3.05) is 0 Å². The van der Waals surface area contributed by atoms with Gasteiger partial charge in [-0.05, 0) is 24.5 Å². The fraction of sp³-hybridized carbons (Fsp3) is 0.524. The van der Waals surface area contributed by atoms with Crippen LogP contribution in [0.5, 0.6) is 5.75 Å². The molecule has 0 amide bonds. The third-order valence-corrected chi connectivity index (χ3v) is 6.23. The minimum absolute atomic E-state index is 0.0819. The molecule has 0 atom stereocenters. The smallest absolute Gasteiger partial charge is 0.261 e. The molecular weight excluding hydrogens is 368 g/mol. The summed E-state index contributed by atoms with van der Waals surface area (Å²) in [5.41, 5.74) is 0.658. The maximum absolute atomic E-state index is 11.9. The third-order valence-electron chi connectivity index (χ3n) is 4.87. The molecule has 0 aliphatic rings. The van der Waals surface area contributed by atoms with Gasteiger partial charge in [0, 0.05) is 21.5 Å². The fourth-order valence-electron chi connectivity index (χ4n) is 3.40. The molecular formula is C21H29ClO3S. The van der Waals surface area contributed by atoms with Crippen molar-refractivity contribution >= 4 is 30.5 Å². The highest BCUT2D eigenvalue weighted by molar-refractivity contribution is 8.14. The first kappa shape index (κ1) is 21.0. The number of phenols is 1. The van der Waals surface area contributed by atoms with E-state index >= 15 is 0 Å². The van der Waals surface area contributed by atoms with Gasteiger partial charge in [0.05, 0.1) is 4.90 Å². The summed E-state index contributed by atoms with van der Waals surface area (Å²) in [4.78, 5) is 0.0819. The average Bonchev–Trinajstić information content (AvgIpc) is 2.61. The van der Waals surface area contributed by atoms with Gasteiger partial charge in [0.25, 0.3) is 9.05 Å². The fourth-order valence-corrected chi connectivity index (χ4v) is 4.51. The highest BCUT2D eigenvalue weighted by atomic mass is 35.7. The van der Waals surface area contributed by atoms with Gasteiger partial charge in [-0.1, -0.05) is 82.6 Å². The van der Waals surface area contributed by atoms with Gasteiger partial charge < -0.3 is 5.11 Å². The number of hydrogen-bond donors (Lipinski definition) is 1. The van der Waals surface area contributed by atoms with E-state index in [9.17, 15) is 13.5 Å². The first-order chi connectivity index (χ1) is 12.4. The Morgan fingerprint density at radius 2 is 1.42 bits per heavy atom. The molecule has 5 heteroatoms. The van der Waals surface area contributed by atoms with E-state index in [-0.39, 0.29) is 10.6 Å². The van der Waals surface area contributed by atoms with E-state index in [0.29, 0.717) is 22.8 Å². The monoisotopic (exact) mass is 396 g/mol.